The lowest BCUT2D eigenvalue weighted by molar-refractivity contribution is 0.627. The Morgan fingerprint density at radius 1 is 0.119 bits per heavy atom. The molecule has 11 heteroatoms. The van der Waals surface area contributed by atoms with Crippen LogP contribution >= 0.6 is 0 Å². The molecule has 0 saturated heterocycles. The highest BCUT2D eigenvalue weighted by atomic mass is 19.1. The summed E-state index contributed by atoms with van der Waals surface area (Å²) >= 11 is 0. The Morgan fingerprint density at radius 2 is 0.266 bits per heavy atom. The minimum absolute atomic E-state index is 0.234. The van der Waals surface area contributed by atoms with Gasteiger partial charge in [-0.3, -0.25) is 0 Å². The van der Waals surface area contributed by atoms with E-state index in [2.05, 4.69) is 412 Å². The number of fused-ring (bicyclic) bond motifs is 9. The third kappa shape index (κ3) is 18.0. The zero-order chi connectivity index (χ0) is 96.2. The van der Waals surface area contributed by atoms with E-state index in [4.69, 9.17) is 0 Å². The normalized spacial score (nSPS) is 11.3. The van der Waals surface area contributed by atoms with E-state index in [1.807, 2.05) is 47.4 Å². The van der Waals surface area contributed by atoms with E-state index in [-0.39, 0.29) is 29.1 Å². The fraction of sp³-hybridized carbons (Fsp3) is 0. The highest BCUT2D eigenvalue weighted by molar-refractivity contribution is 6.13. The van der Waals surface area contributed by atoms with Gasteiger partial charge < -0.3 is 28.4 Å². The molecule has 6 nitrogen and oxygen atoms in total. The van der Waals surface area contributed by atoms with Gasteiger partial charge in [-0.2, -0.15) is 0 Å². The van der Waals surface area contributed by atoms with Crippen molar-refractivity contribution < 1.29 is 22.0 Å². The summed E-state index contributed by atoms with van der Waals surface area (Å²) in [5, 5.41) is 7.31. The van der Waals surface area contributed by atoms with Crippen molar-refractivity contribution in [3.05, 3.63) is 569 Å². The van der Waals surface area contributed by atoms with Gasteiger partial charge >= 0.3 is 0 Å². The standard InChI is InChI=1S/C48H32F2N2.C48H33FN2.C36H24F2N2/c49-39-21-10-33(11-22-39)35-14-25-42(26-15-35)51(43-27-16-36(17-28-43)34-12-23-40(50)24-13-34)44-29-18-37(19-30-44)38-20-31-48-46(32-38)45-8-4-5-9-47(45)52(48)41-6-2-1-3-7-41;49-40-24-15-35(16-25-40)37-19-28-43(29-20-37)50(42-26-17-36(18-27-42)34-9-3-1-4-10-34)44-30-21-38(22-31-44)39-23-32-48-46(33-39)45-13-7-8-14-47(45)51(48)41-11-5-2-6-12-41;37-27-13-19-31(20-14-27)39(32-21-15-28(38)16-22-32)30-17-10-25(11-18-30)26-12-23-36-34(24-26)33-8-4-5-9-35(33)40(36)29-6-2-1-3-7-29/h1-32H;1-33H;1-24H. The molecule has 25 rings (SSSR count). The smallest absolute Gasteiger partial charge is 0.123 e. The first-order valence-corrected chi connectivity index (χ1v) is 47.7. The predicted molar refractivity (Wildman–Crippen MR) is 584 cm³/mol. The van der Waals surface area contributed by atoms with Gasteiger partial charge in [0.15, 0.2) is 0 Å². The fourth-order valence-electron chi connectivity index (χ4n) is 19.7. The summed E-state index contributed by atoms with van der Waals surface area (Å²) in [6, 6.07) is 180. The first-order valence-electron chi connectivity index (χ1n) is 47.7. The summed E-state index contributed by atoms with van der Waals surface area (Å²) < 4.78 is 75.2. The molecule has 0 N–H and O–H groups in total. The predicted octanol–water partition coefficient (Wildman–Crippen LogP) is 37.1. The summed E-state index contributed by atoms with van der Waals surface area (Å²) in [6.07, 6.45) is 0. The van der Waals surface area contributed by atoms with Crippen LogP contribution in [0.15, 0.2) is 540 Å². The molecule has 0 amide bonds. The quantitative estimate of drug-likeness (QED) is 0.0754. The van der Waals surface area contributed by atoms with E-state index in [0.717, 1.165) is 135 Å². The molecule has 0 unspecified atom stereocenters. The van der Waals surface area contributed by atoms with E-state index in [1.165, 1.54) is 137 Å². The van der Waals surface area contributed by atoms with Crippen molar-refractivity contribution in [3.8, 4) is 95.0 Å². The summed E-state index contributed by atoms with van der Waals surface area (Å²) in [4.78, 5) is 6.49. The second-order valence-electron chi connectivity index (χ2n) is 35.4. The van der Waals surface area contributed by atoms with Crippen LogP contribution in [0.3, 0.4) is 0 Å². The molecule has 3 heterocycles. The Balaban J connectivity index is 0.000000120. The van der Waals surface area contributed by atoms with Crippen molar-refractivity contribution in [1.82, 2.24) is 13.7 Å². The van der Waals surface area contributed by atoms with Gasteiger partial charge in [0.25, 0.3) is 0 Å². The molecule has 0 aliphatic carbocycles. The molecule has 0 bridgehead atoms. The molecule has 0 spiro atoms. The zero-order valence-electron chi connectivity index (χ0n) is 77.5. The Morgan fingerprint density at radius 3 is 0.483 bits per heavy atom. The lowest BCUT2D eigenvalue weighted by atomic mass is 10.0. The van der Waals surface area contributed by atoms with Crippen LogP contribution in [0, 0.1) is 29.1 Å². The van der Waals surface area contributed by atoms with Crippen molar-refractivity contribution >= 4 is 117 Å². The van der Waals surface area contributed by atoms with Crippen molar-refractivity contribution in [3.63, 3.8) is 0 Å². The van der Waals surface area contributed by atoms with Gasteiger partial charge in [-0.1, -0.05) is 279 Å². The summed E-state index contributed by atoms with van der Waals surface area (Å²) in [7, 11) is 0. The van der Waals surface area contributed by atoms with Gasteiger partial charge in [-0.15, -0.1) is 0 Å². The van der Waals surface area contributed by atoms with Gasteiger partial charge in [0.1, 0.15) is 29.1 Å². The van der Waals surface area contributed by atoms with Gasteiger partial charge in [-0.25, -0.2) is 22.0 Å². The van der Waals surface area contributed by atoms with Crippen LogP contribution in [0.25, 0.3) is 160 Å². The molecule has 25 aromatic rings. The van der Waals surface area contributed by atoms with E-state index >= 15 is 0 Å². The molecule has 0 atom stereocenters. The lowest BCUT2D eigenvalue weighted by Crippen LogP contribution is -2.09. The van der Waals surface area contributed by atoms with Gasteiger partial charge in [0.05, 0.1) is 33.1 Å². The van der Waals surface area contributed by atoms with E-state index in [0.29, 0.717) is 0 Å². The lowest BCUT2D eigenvalue weighted by Gasteiger charge is -2.26. The van der Waals surface area contributed by atoms with E-state index < -0.39 is 0 Å². The van der Waals surface area contributed by atoms with Crippen LogP contribution in [0.4, 0.5) is 73.1 Å². The number of anilines is 9. The molecule has 0 radical (unpaired) electrons. The van der Waals surface area contributed by atoms with Crippen LogP contribution in [0.2, 0.25) is 0 Å². The molecular weight excluding hydrogens is 1760 g/mol. The van der Waals surface area contributed by atoms with E-state index in [1.54, 1.807) is 48.5 Å². The maximum absolute atomic E-state index is 13.7. The van der Waals surface area contributed by atoms with E-state index in [9.17, 15) is 22.0 Å². The van der Waals surface area contributed by atoms with Crippen LogP contribution < -0.4 is 14.7 Å². The van der Waals surface area contributed by atoms with Crippen LogP contribution in [0.5, 0.6) is 0 Å². The number of aromatic nitrogens is 3. The molecule has 0 aliphatic rings. The van der Waals surface area contributed by atoms with Crippen molar-refractivity contribution in [1.29, 1.82) is 0 Å². The Hall–Kier alpha value is -18.7. The molecule has 3 aromatic heterocycles. The first-order chi connectivity index (χ1) is 70.4. The minimum atomic E-state index is -0.304. The third-order valence-corrected chi connectivity index (χ3v) is 26.7. The molecule has 0 fully saturated rings. The Labute approximate surface area is 825 Å². The number of para-hydroxylation sites is 6. The topological polar surface area (TPSA) is 24.5 Å². The number of halogens is 5. The number of rotatable bonds is 19. The first kappa shape index (κ1) is 88.3. The maximum Gasteiger partial charge on any atom is 0.123 e. The zero-order valence-corrected chi connectivity index (χ0v) is 77.5. The van der Waals surface area contributed by atoms with Crippen molar-refractivity contribution in [2.45, 2.75) is 0 Å². The van der Waals surface area contributed by atoms with Gasteiger partial charge in [-0.05, 0) is 339 Å². The molecular formula is C132H89F5N6. The second-order valence-corrected chi connectivity index (χ2v) is 35.4. The molecule has 143 heavy (non-hydrogen) atoms. The van der Waals surface area contributed by atoms with Crippen molar-refractivity contribution in [2.24, 2.45) is 0 Å². The molecule has 682 valence electrons. The average Bonchev–Trinajstić information content (AvgIpc) is 1.60. The highest BCUT2D eigenvalue weighted by Gasteiger charge is 2.23. The molecule has 0 saturated carbocycles. The molecule has 0 aliphatic heterocycles. The summed E-state index contributed by atoms with van der Waals surface area (Å²) in [6.45, 7) is 0. The van der Waals surface area contributed by atoms with Crippen LogP contribution in [-0.2, 0) is 0 Å². The number of hydrogen-bond acceptors (Lipinski definition) is 3. The SMILES string of the molecule is Fc1ccc(-c2ccc(N(c3ccc(-c4ccc(F)cc4)cc3)c3ccc(-c4ccc5c(c4)c4ccccc4n5-c4ccccc4)cc3)cc2)cc1.Fc1ccc(-c2ccc(N(c3ccc(-c4ccccc4)cc3)c3ccc(-c4ccc5c(c4)c4ccccc4n5-c4ccccc4)cc3)cc2)cc1.Fc1ccc(N(c2ccc(F)cc2)c2ccc(-c3ccc4c(c3)c3ccccc3n4-c3ccccc3)cc2)cc1. The average molecular weight is 1850 g/mol. The highest BCUT2D eigenvalue weighted by Crippen LogP contribution is 2.46. The fourth-order valence-corrected chi connectivity index (χ4v) is 19.7. The summed E-state index contributed by atoms with van der Waals surface area (Å²) in [5.41, 5.74) is 34.2. The Kier molecular flexibility index (Phi) is 24.1. The minimum Gasteiger partial charge on any atom is -0.311 e. The maximum atomic E-state index is 13.7. The van der Waals surface area contributed by atoms with Crippen LogP contribution in [-0.4, -0.2) is 13.7 Å². The molecule has 22 aromatic carbocycles. The summed E-state index contributed by atoms with van der Waals surface area (Å²) in [5.74, 6) is -1.34. The number of nitrogens with zero attached hydrogens (tertiary/aromatic N) is 6. The number of hydrogen-bond donors (Lipinski definition) is 0. The van der Waals surface area contributed by atoms with Gasteiger partial charge in [0, 0.05) is 101 Å². The van der Waals surface area contributed by atoms with Crippen LogP contribution in [0.1, 0.15) is 0 Å². The largest absolute Gasteiger partial charge is 0.311 e. The van der Waals surface area contributed by atoms with Gasteiger partial charge in [0.2, 0.25) is 0 Å². The second kappa shape index (κ2) is 39.1. The monoisotopic (exact) mass is 1850 g/mol. The number of benzene rings is 22. The Bertz CT molecular complexity index is 8680. The van der Waals surface area contributed by atoms with Crippen molar-refractivity contribution in [2.75, 3.05) is 14.7 Å². The third-order valence-electron chi connectivity index (χ3n) is 26.7.